The fraction of sp³-hybridized carbons (Fsp3) is 0.562. The number of piperidine rings is 1. The molecule has 1 aliphatic heterocycles. The van der Waals surface area contributed by atoms with Gasteiger partial charge in [-0.1, -0.05) is 0 Å². The summed E-state index contributed by atoms with van der Waals surface area (Å²) in [5.41, 5.74) is 2.39. The summed E-state index contributed by atoms with van der Waals surface area (Å²) in [6.45, 7) is 6.26. The minimum Gasteiger partial charge on any atom is -0.354 e. The minimum atomic E-state index is -0.123. The van der Waals surface area contributed by atoms with Crippen LogP contribution in [0.3, 0.4) is 0 Å². The van der Waals surface area contributed by atoms with Gasteiger partial charge in [0.05, 0.1) is 11.4 Å². The summed E-state index contributed by atoms with van der Waals surface area (Å²) in [6, 6.07) is 0. The number of aromatic nitrogens is 1. The molecule has 2 amide bonds. The molecule has 1 aromatic rings. The zero-order chi connectivity index (χ0) is 16.8. The first kappa shape index (κ1) is 17.2. The number of carbonyl (C=O) groups is 3. The van der Waals surface area contributed by atoms with Crippen LogP contribution in [0.4, 0.5) is 5.69 Å². The predicted octanol–water partition coefficient (Wildman–Crippen LogP) is 0.602. The van der Waals surface area contributed by atoms with Crippen molar-refractivity contribution < 1.29 is 14.4 Å². The van der Waals surface area contributed by atoms with E-state index in [1.54, 1.807) is 18.4 Å². The third kappa shape index (κ3) is 3.98. The van der Waals surface area contributed by atoms with Gasteiger partial charge in [-0.25, -0.2) is 0 Å². The highest BCUT2D eigenvalue weighted by Gasteiger charge is 2.19. The topological polar surface area (TPSA) is 92.2 Å². The second kappa shape index (κ2) is 7.92. The molecule has 1 fully saturated rings. The number of rotatable bonds is 7. The lowest BCUT2D eigenvalue weighted by atomic mass is 9.98. The highest BCUT2D eigenvalue weighted by Crippen LogP contribution is 2.25. The zero-order valence-electron chi connectivity index (χ0n) is 13.6. The molecule has 0 aromatic carbocycles. The molecular formula is C16H24N4O3. The summed E-state index contributed by atoms with van der Waals surface area (Å²) >= 11 is 0. The maximum atomic E-state index is 12.2. The van der Waals surface area contributed by atoms with Crippen molar-refractivity contribution in [1.29, 1.82) is 0 Å². The Morgan fingerprint density at radius 2 is 2.00 bits per heavy atom. The molecule has 0 saturated carbocycles. The molecule has 3 N–H and O–H groups in total. The number of aldehydes is 1. The van der Waals surface area contributed by atoms with Gasteiger partial charge in [0.1, 0.15) is 6.54 Å². The van der Waals surface area contributed by atoms with E-state index in [9.17, 15) is 14.4 Å². The first-order valence-corrected chi connectivity index (χ1v) is 7.91. The smallest absolute Gasteiger partial charge is 0.239 e. The van der Waals surface area contributed by atoms with Crippen molar-refractivity contribution in [3.05, 3.63) is 17.0 Å². The van der Waals surface area contributed by atoms with Crippen LogP contribution in [0.1, 0.15) is 34.6 Å². The molecule has 126 valence electrons. The maximum Gasteiger partial charge on any atom is 0.239 e. The van der Waals surface area contributed by atoms with Crippen LogP contribution >= 0.6 is 0 Å². The summed E-state index contributed by atoms with van der Waals surface area (Å²) in [4.78, 5) is 34.2. The lowest BCUT2D eigenvalue weighted by Gasteiger charge is -2.22. The van der Waals surface area contributed by atoms with Crippen LogP contribution < -0.4 is 16.0 Å². The third-order valence-electron chi connectivity index (χ3n) is 4.48. The Hall–Kier alpha value is -2.15. The largest absolute Gasteiger partial charge is 0.354 e. The van der Waals surface area contributed by atoms with Gasteiger partial charge in [-0.3, -0.25) is 14.4 Å². The third-order valence-corrected chi connectivity index (χ3v) is 4.48. The Morgan fingerprint density at radius 1 is 1.30 bits per heavy atom. The van der Waals surface area contributed by atoms with Crippen molar-refractivity contribution in [1.82, 2.24) is 15.2 Å². The van der Waals surface area contributed by atoms with E-state index in [-0.39, 0.29) is 12.5 Å². The molecule has 1 aliphatic rings. The fourth-order valence-corrected chi connectivity index (χ4v) is 3.09. The molecule has 1 aromatic heterocycles. The van der Waals surface area contributed by atoms with E-state index in [1.807, 2.05) is 0 Å². The molecule has 1 saturated heterocycles. The molecule has 23 heavy (non-hydrogen) atoms. The number of hydrogen-bond acceptors (Lipinski definition) is 4. The van der Waals surface area contributed by atoms with Crippen molar-refractivity contribution in [3.8, 4) is 0 Å². The molecule has 0 atom stereocenters. The first-order chi connectivity index (χ1) is 11.1. The van der Waals surface area contributed by atoms with Crippen LogP contribution in [0.2, 0.25) is 0 Å². The molecule has 2 heterocycles. The van der Waals surface area contributed by atoms with Gasteiger partial charge in [-0.15, -0.1) is 0 Å². The number of carbonyl (C=O) groups excluding carboxylic acids is 3. The monoisotopic (exact) mass is 320 g/mol. The van der Waals surface area contributed by atoms with Gasteiger partial charge in [0, 0.05) is 17.8 Å². The summed E-state index contributed by atoms with van der Waals surface area (Å²) < 4.78 is 1.64. The molecule has 2 rings (SSSR count). The van der Waals surface area contributed by atoms with Gasteiger partial charge in [-0.2, -0.15) is 0 Å². The van der Waals surface area contributed by atoms with Gasteiger partial charge in [0.15, 0.2) is 6.29 Å². The summed E-state index contributed by atoms with van der Waals surface area (Å²) in [5, 5.41) is 8.84. The van der Waals surface area contributed by atoms with Gasteiger partial charge in [0.2, 0.25) is 12.3 Å². The highest BCUT2D eigenvalue weighted by molar-refractivity contribution is 5.86. The van der Waals surface area contributed by atoms with Crippen LogP contribution in [-0.2, 0) is 16.1 Å². The molecule has 0 aliphatic carbocycles. The van der Waals surface area contributed by atoms with E-state index < -0.39 is 0 Å². The van der Waals surface area contributed by atoms with Crippen LogP contribution in [-0.4, -0.2) is 42.8 Å². The normalized spacial score (nSPS) is 15.2. The Balaban J connectivity index is 2.03. The van der Waals surface area contributed by atoms with Crippen LogP contribution in [0, 0.1) is 19.8 Å². The number of hydrogen-bond donors (Lipinski definition) is 3. The van der Waals surface area contributed by atoms with Gasteiger partial charge < -0.3 is 20.5 Å². The quantitative estimate of drug-likeness (QED) is 0.642. The minimum absolute atomic E-state index is 0.0756. The Kier molecular flexibility index (Phi) is 5.92. The lowest BCUT2D eigenvalue weighted by Crippen LogP contribution is -2.37. The molecule has 7 nitrogen and oxygen atoms in total. The first-order valence-electron chi connectivity index (χ1n) is 7.91. The zero-order valence-corrected chi connectivity index (χ0v) is 13.6. The van der Waals surface area contributed by atoms with E-state index >= 15 is 0 Å². The number of nitrogens with zero attached hydrogens (tertiary/aromatic N) is 1. The van der Waals surface area contributed by atoms with Gasteiger partial charge in [0.25, 0.3) is 0 Å². The predicted molar refractivity (Wildman–Crippen MR) is 87.6 cm³/mol. The van der Waals surface area contributed by atoms with Crippen molar-refractivity contribution in [3.63, 3.8) is 0 Å². The van der Waals surface area contributed by atoms with Gasteiger partial charge >= 0.3 is 0 Å². The lowest BCUT2D eigenvalue weighted by molar-refractivity contribution is -0.121. The number of anilines is 1. The summed E-state index contributed by atoms with van der Waals surface area (Å²) in [6.07, 6.45) is 3.42. The summed E-state index contributed by atoms with van der Waals surface area (Å²) in [5.74, 6) is 0.382. The van der Waals surface area contributed by atoms with E-state index in [4.69, 9.17) is 0 Å². The van der Waals surface area contributed by atoms with E-state index in [0.29, 0.717) is 41.5 Å². The second-order valence-corrected chi connectivity index (χ2v) is 5.93. The van der Waals surface area contributed by atoms with Crippen LogP contribution in [0.25, 0.3) is 0 Å². The van der Waals surface area contributed by atoms with Crippen molar-refractivity contribution in [2.45, 2.75) is 33.2 Å². The van der Waals surface area contributed by atoms with Crippen molar-refractivity contribution in [2.24, 2.45) is 5.92 Å². The molecule has 0 radical (unpaired) electrons. The van der Waals surface area contributed by atoms with Gasteiger partial charge in [-0.05, 0) is 45.7 Å². The Labute approximate surface area is 135 Å². The fourth-order valence-electron chi connectivity index (χ4n) is 3.09. The number of amides is 2. The molecule has 0 unspecified atom stereocenters. The van der Waals surface area contributed by atoms with E-state index in [2.05, 4.69) is 16.0 Å². The van der Waals surface area contributed by atoms with Crippen LogP contribution in [0.15, 0.2) is 0 Å². The average Bonchev–Trinajstić information content (AvgIpc) is 2.78. The number of nitrogens with one attached hydrogen (secondary N) is 3. The molecule has 7 heteroatoms. The maximum absolute atomic E-state index is 12.2. The molecule has 0 spiro atoms. The van der Waals surface area contributed by atoms with E-state index in [1.165, 1.54) is 0 Å². The SMILES string of the molecule is Cc1c(NC=O)c(C)n(CC(=O)NCC2CCNCC2)c1C=O. The summed E-state index contributed by atoms with van der Waals surface area (Å²) in [7, 11) is 0. The molecule has 0 bridgehead atoms. The second-order valence-electron chi connectivity index (χ2n) is 5.93. The standard InChI is InChI=1S/C16H24N4O3/c1-11-14(9-21)20(12(2)16(11)19-10-22)8-15(23)18-7-13-3-5-17-6-4-13/h9-10,13,17H,3-8H2,1-2H3,(H,18,23)(H,19,22). The van der Waals surface area contributed by atoms with Crippen LogP contribution in [0.5, 0.6) is 0 Å². The van der Waals surface area contributed by atoms with Crippen molar-refractivity contribution >= 4 is 24.3 Å². The Morgan fingerprint density at radius 3 is 2.61 bits per heavy atom. The van der Waals surface area contributed by atoms with E-state index in [0.717, 1.165) is 32.2 Å². The highest BCUT2D eigenvalue weighted by atomic mass is 16.2. The van der Waals surface area contributed by atoms with Crippen molar-refractivity contribution in [2.75, 3.05) is 25.0 Å². The Bertz CT molecular complexity index is 589. The average molecular weight is 320 g/mol. The molecular weight excluding hydrogens is 296 g/mol.